The molecular formula is C14H11ClF2N4O. The highest BCUT2D eigenvalue weighted by Crippen LogP contribution is 2.28. The van der Waals surface area contributed by atoms with E-state index >= 15 is 0 Å². The summed E-state index contributed by atoms with van der Waals surface area (Å²) in [6.07, 6.45) is 3.17. The first kappa shape index (κ1) is 14.6. The molecule has 0 bridgehead atoms. The number of hydrogen-bond donors (Lipinski definition) is 1. The molecule has 1 amide bonds. The zero-order valence-corrected chi connectivity index (χ0v) is 12.0. The molecule has 0 unspecified atom stereocenters. The van der Waals surface area contributed by atoms with Gasteiger partial charge in [-0.15, -0.1) is 0 Å². The van der Waals surface area contributed by atoms with Crippen molar-refractivity contribution < 1.29 is 13.6 Å². The van der Waals surface area contributed by atoms with Crippen molar-refractivity contribution in [3.05, 3.63) is 47.2 Å². The lowest BCUT2D eigenvalue weighted by molar-refractivity contribution is -0.117. The van der Waals surface area contributed by atoms with Crippen molar-refractivity contribution in [3.8, 4) is 0 Å². The Morgan fingerprint density at radius 3 is 2.50 bits per heavy atom. The van der Waals surface area contributed by atoms with E-state index in [1.807, 2.05) is 0 Å². The molecule has 114 valence electrons. The van der Waals surface area contributed by atoms with Crippen LogP contribution in [0.4, 0.5) is 20.4 Å². The normalized spacial score (nSPS) is 17.9. The van der Waals surface area contributed by atoms with Crippen LogP contribution in [0, 0.1) is 11.6 Å². The molecule has 0 aliphatic carbocycles. The Morgan fingerprint density at radius 1 is 1.23 bits per heavy atom. The maximum absolute atomic E-state index is 13.8. The standard InChI is InChI=1S/C14H11ClF2N4O/c15-8-6-18-14(19-7-8)20-11-4-5-21(13(11)22)12-9(16)2-1-3-10(12)17/h1-3,6-7,11H,4-5H2,(H,18,19,20)/t11-/m1/s1. The second-order valence-electron chi connectivity index (χ2n) is 4.77. The van der Waals surface area contributed by atoms with Crippen molar-refractivity contribution in [1.29, 1.82) is 0 Å². The van der Waals surface area contributed by atoms with Crippen LogP contribution in [0.25, 0.3) is 0 Å². The predicted octanol–water partition coefficient (Wildman–Crippen LogP) is 2.63. The number of carbonyl (C=O) groups is 1. The summed E-state index contributed by atoms with van der Waals surface area (Å²) in [7, 11) is 0. The molecule has 0 saturated carbocycles. The fourth-order valence-corrected chi connectivity index (χ4v) is 2.42. The van der Waals surface area contributed by atoms with Gasteiger partial charge in [0.05, 0.1) is 17.4 Å². The van der Waals surface area contributed by atoms with E-state index in [0.717, 1.165) is 17.0 Å². The van der Waals surface area contributed by atoms with Gasteiger partial charge in [-0.05, 0) is 18.6 Å². The average molecular weight is 325 g/mol. The van der Waals surface area contributed by atoms with E-state index in [1.54, 1.807) is 0 Å². The number of benzene rings is 1. The first-order valence-electron chi connectivity index (χ1n) is 6.56. The minimum Gasteiger partial charge on any atom is -0.342 e. The van der Waals surface area contributed by atoms with Crippen molar-refractivity contribution in [2.45, 2.75) is 12.5 Å². The Kier molecular flexibility index (Phi) is 3.89. The van der Waals surface area contributed by atoms with E-state index in [4.69, 9.17) is 11.6 Å². The zero-order chi connectivity index (χ0) is 15.7. The fourth-order valence-electron chi connectivity index (χ4n) is 2.33. The second-order valence-corrected chi connectivity index (χ2v) is 5.21. The van der Waals surface area contributed by atoms with Crippen LogP contribution >= 0.6 is 11.6 Å². The van der Waals surface area contributed by atoms with E-state index in [-0.39, 0.29) is 18.2 Å². The lowest BCUT2D eigenvalue weighted by atomic mass is 10.2. The van der Waals surface area contributed by atoms with Gasteiger partial charge in [0.2, 0.25) is 11.9 Å². The van der Waals surface area contributed by atoms with Gasteiger partial charge in [-0.25, -0.2) is 18.7 Å². The Morgan fingerprint density at radius 2 is 1.86 bits per heavy atom. The topological polar surface area (TPSA) is 58.1 Å². The van der Waals surface area contributed by atoms with Crippen molar-refractivity contribution >= 4 is 29.1 Å². The van der Waals surface area contributed by atoms with Gasteiger partial charge in [0.1, 0.15) is 23.4 Å². The van der Waals surface area contributed by atoms with Crippen LogP contribution in [0.3, 0.4) is 0 Å². The van der Waals surface area contributed by atoms with E-state index in [2.05, 4.69) is 15.3 Å². The minimum atomic E-state index is -0.767. The number of rotatable bonds is 3. The highest BCUT2D eigenvalue weighted by Gasteiger charge is 2.35. The average Bonchev–Trinajstić information content (AvgIpc) is 2.83. The summed E-state index contributed by atoms with van der Waals surface area (Å²) in [6, 6.07) is 2.86. The highest BCUT2D eigenvalue weighted by atomic mass is 35.5. The van der Waals surface area contributed by atoms with Crippen LogP contribution in [0.1, 0.15) is 6.42 Å². The summed E-state index contributed by atoms with van der Waals surface area (Å²) in [5.41, 5.74) is -0.325. The van der Waals surface area contributed by atoms with Gasteiger partial charge in [0.25, 0.3) is 0 Å². The molecule has 22 heavy (non-hydrogen) atoms. The second kappa shape index (κ2) is 5.84. The number of nitrogens with one attached hydrogen (secondary N) is 1. The van der Waals surface area contributed by atoms with Gasteiger partial charge < -0.3 is 10.2 Å². The third kappa shape index (κ3) is 2.71. The van der Waals surface area contributed by atoms with Crippen molar-refractivity contribution in [2.75, 3.05) is 16.8 Å². The molecule has 0 spiro atoms. The number of anilines is 2. The quantitative estimate of drug-likeness (QED) is 0.943. The van der Waals surface area contributed by atoms with Gasteiger partial charge >= 0.3 is 0 Å². The summed E-state index contributed by atoms with van der Waals surface area (Å²) >= 11 is 5.68. The molecule has 5 nitrogen and oxygen atoms in total. The van der Waals surface area contributed by atoms with Crippen LogP contribution < -0.4 is 10.2 Å². The van der Waals surface area contributed by atoms with E-state index in [9.17, 15) is 13.6 Å². The number of halogens is 3. The van der Waals surface area contributed by atoms with Gasteiger partial charge in [0.15, 0.2) is 0 Å². The molecule has 3 rings (SSSR count). The maximum Gasteiger partial charge on any atom is 0.249 e. The number of para-hydroxylation sites is 1. The summed E-state index contributed by atoms with van der Waals surface area (Å²) in [6.45, 7) is 0.210. The van der Waals surface area contributed by atoms with Crippen LogP contribution in [0.2, 0.25) is 5.02 Å². The molecule has 8 heteroatoms. The molecule has 1 aliphatic rings. The van der Waals surface area contributed by atoms with Gasteiger partial charge in [-0.3, -0.25) is 4.79 Å². The molecule has 1 atom stereocenters. The van der Waals surface area contributed by atoms with Crippen LogP contribution in [0.5, 0.6) is 0 Å². The summed E-state index contributed by atoms with van der Waals surface area (Å²) < 4.78 is 27.6. The van der Waals surface area contributed by atoms with E-state index < -0.39 is 23.6 Å². The van der Waals surface area contributed by atoms with E-state index in [0.29, 0.717) is 11.4 Å². The number of hydrogen-bond acceptors (Lipinski definition) is 4. The molecule has 2 aromatic rings. The third-order valence-corrected chi connectivity index (χ3v) is 3.53. The summed E-state index contributed by atoms with van der Waals surface area (Å²) in [5, 5.41) is 3.21. The number of amides is 1. The fraction of sp³-hybridized carbons (Fsp3) is 0.214. The summed E-state index contributed by atoms with van der Waals surface area (Å²) in [4.78, 5) is 21.3. The third-order valence-electron chi connectivity index (χ3n) is 3.34. The first-order valence-corrected chi connectivity index (χ1v) is 6.93. The van der Waals surface area contributed by atoms with Crippen molar-refractivity contribution in [3.63, 3.8) is 0 Å². The predicted molar refractivity (Wildman–Crippen MR) is 77.8 cm³/mol. The van der Waals surface area contributed by atoms with Gasteiger partial charge in [0, 0.05) is 6.54 Å². The molecule has 0 radical (unpaired) electrons. The molecule has 1 aliphatic heterocycles. The summed E-state index contributed by atoms with van der Waals surface area (Å²) in [5.74, 6) is -1.73. The number of aromatic nitrogens is 2. The SMILES string of the molecule is O=C1[C@H](Nc2ncc(Cl)cn2)CCN1c1c(F)cccc1F. The molecule has 2 heterocycles. The Bertz CT molecular complexity index is 690. The smallest absolute Gasteiger partial charge is 0.249 e. The Balaban J connectivity index is 1.79. The van der Waals surface area contributed by atoms with Crippen molar-refractivity contribution in [2.24, 2.45) is 0 Å². The first-order chi connectivity index (χ1) is 10.6. The van der Waals surface area contributed by atoms with Gasteiger partial charge in [-0.1, -0.05) is 17.7 Å². The van der Waals surface area contributed by atoms with Crippen LogP contribution in [-0.4, -0.2) is 28.5 Å². The molecule has 1 aromatic heterocycles. The Labute approximate surface area is 129 Å². The maximum atomic E-state index is 13.8. The lowest BCUT2D eigenvalue weighted by Crippen LogP contribution is -2.34. The van der Waals surface area contributed by atoms with Crippen LogP contribution in [-0.2, 0) is 4.79 Å². The molecule has 1 aromatic carbocycles. The van der Waals surface area contributed by atoms with Crippen LogP contribution in [0.15, 0.2) is 30.6 Å². The number of nitrogens with zero attached hydrogens (tertiary/aromatic N) is 3. The number of carbonyl (C=O) groups excluding carboxylic acids is 1. The molecular weight excluding hydrogens is 314 g/mol. The van der Waals surface area contributed by atoms with E-state index in [1.165, 1.54) is 18.5 Å². The molecule has 1 fully saturated rings. The Hall–Kier alpha value is -2.28. The van der Waals surface area contributed by atoms with Crippen molar-refractivity contribution in [1.82, 2.24) is 9.97 Å². The minimum absolute atomic E-state index is 0.210. The lowest BCUT2D eigenvalue weighted by Gasteiger charge is -2.18. The molecule has 1 N–H and O–H groups in total. The zero-order valence-electron chi connectivity index (χ0n) is 11.3. The largest absolute Gasteiger partial charge is 0.342 e. The monoisotopic (exact) mass is 324 g/mol. The molecule has 1 saturated heterocycles. The highest BCUT2D eigenvalue weighted by molar-refractivity contribution is 6.30. The van der Waals surface area contributed by atoms with Gasteiger partial charge in [-0.2, -0.15) is 0 Å².